The lowest BCUT2D eigenvalue weighted by atomic mass is 10.2. The summed E-state index contributed by atoms with van der Waals surface area (Å²) in [7, 11) is -6.50. The van der Waals surface area contributed by atoms with Crippen molar-refractivity contribution in [1.82, 2.24) is 9.03 Å². The fraction of sp³-hybridized carbons (Fsp3) is 0.208. The zero-order valence-electron chi connectivity index (χ0n) is 19.4. The molecule has 0 bridgehead atoms. The minimum absolute atomic E-state index is 0.0268. The van der Waals surface area contributed by atoms with Crippen molar-refractivity contribution in [3.05, 3.63) is 88.4 Å². The molecular formula is C24H26ClN3O5S2. The quantitative estimate of drug-likeness (QED) is 0.434. The van der Waals surface area contributed by atoms with E-state index in [-0.39, 0.29) is 22.0 Å². The molecular weight excluding hydrogens is 510 g/mol. The number of rotatable bonds is 9. The second kappa shape index (κ2) is 10.9. The van der Waals surface area contributed by atoms with E-state index in [0.29, 0.717) is 16.1 Å². The molecule has 0 saturated carbocycles. The molecule has 3 aromatic rings. The van der Waals surface area contributed by atoms with Crippen molar-refractivity contribution in [2.45, 2.75) is 30.2 Å². The highest BCUT2D eigenvalue weighted by Crippen LogP contribution is 2.24. The molecule has 11 heteroatoms. The van der Waals surface area contributed by atoms with Crippen molar-refractivity contribution in [3.63, 3.8) is 0 Å². The highest BCUT2D eigenvalue weighted by molar-refractivity contribution is 7.89. The summed E-state index contributed by atoms with van der Waals surface area (Å²) in [6.07, 6.45) is 0. The lowest BCUT2D eigenvalue weighted by Gasteiger charge is -2.23. The molecule has 0 fully saturated rings. The van der Waals surface area contributed by atoms with Gasteiger partial charge in [0.1, 0.15) is 0 Å². The molecule has 0 spiro atoms. The molecule has 35 heavy (non-hydrogen) atoms. The van der Waals surface area contributed by atoms with Gasteiger partial charge in [0.25, 0.3) is 0 Å². The second-order valence-electron chi connectivity index (χ2n) is 7.91. The number of amides is 1. The Morgan fingerprint density at radius 1 is 0.914 bits per heavy atom. The van der Waals surface area contributed by atoms with Crippen molar-refractivity contribution in [3.8, 4) is 0 Å². The SMILES string of the molecule is CNS(=O)(=O)c1ccc(C)c(NC(=O)CN(Cc2ccccc2Cl)S(=O)(=O)c2ccc(C)cc2)c1. The zero-order chi connectivity index (χ0) is 25.8. The normalized spacial score (nSPS) is 12.0. The van der Waals surface area contributed by atoms with Crippen LogP contribution in [0.25, 0.3) is 0 Å². The third kappa shape index (κ3) is 6.47. The second-order valence-corrected chi connectivity index (χ2v) is 12.1. The number of aryl methyl sites for hydroxylation is 2. The molecule has 1 amide bonds. The Balaban J connectivity index is 1.93. The van der Waals surface area contributed by atoms with E-state index in [4.69, 9.17) is 11.6 Å². The first kappa shape index (κ1) is 26.8. The lowest BCUT2D eigenvalue weighted by molar-refractivity contribution is -0.116. The van der Waals surface area contributed by atoms with Crippen molar-refractivity contribution < 1.29 is 21.6 Å². The van der Waals surface area contributed by atoms with Crippen molar-refractivity contribution in [2.24, 2.45) is 0 Å². The van der Waals surface area contributed by atoms with E-state index in [9.17, 15) is 21.6 Å². The summed E-state index contributed by atoms with van der Waals surface area (Å²) in [5.74, 6) is -0.630. The molecule has 2 N–H and O–H groups in total. The minimum Gasteiger partial charge on any atom is -0.325 e. The summed E-state index contributed by atoms with van der Waals surface area (Å²) in [6, 6.07) is 17.4. The van der Waals surface area contributed by atoms with Gasteiger partial charge in [-0.15, -0.1) is 0 Å². The summed E-state index contributed by atoms with van der Waals surface area (Å²) in [6.45, 7) is 2.91. The van der Waals surface area contributed by atoms with E-state index in [2.05, 4.69) is 10.0 Å². The summed E-state index contributed by atoms with van der Waals surface area (Å²) in [4.78, 5) is 13.0. The van der Waals surface area contributed by atoms with Crippen LogP contribution in [0.15, 0.2) is 76.5 Å². The Morgan fingerprint density at radius 3 is 2.17 bits per heavy atom. The van der Waals surface area contributed by atoms with Gasteiger partial charge >= 0.3 is 0 Å². The fourth-order valence-electron chi connectivity index (χ4n) is 3.27. The Kier molecular flexibility index (Phi) is 8.34. The van der Waals surface area contributed by atoms with Crippen molar-refractivity contribution in [2.75, 3.05) is 18.9 Å². The molecule has 0 unspecified atom stereocenters. The van der Waals surface area contributed by atoms with E-state index >= 15 is 0 Å². The van der Waals surface area contributed by atoms with Crippen LogP contribution in [0.5, 0.6) is 0 Å². The van der Waals surface area contributed by atoms with Gasteiger partial charge in [-0.05, 0) is 62.4 Å². The largest absolute Gasteiger partial charge is 0.325 e. The monoisotopic (exact) mass is 535 g/mol. The van der Waals surface area contributed by atoms with Gasteiger partial charge in [0, 0.05) is 17.3 Å². The highest BCUT2D eigenvalue weighted by atomic mass is 35.5. The summed E-state index contributed by atoms with van der Waals surface area (Å²) in [5.41, 5.74) is 2.31. The van der Waals surface area contributed by atoms with Gasteiger partial charge in [0.15, 0.2) is 0 Å². The first-order valence-electron chi connectivity index (χ1n) is 10.6. The van der Waals surface area contributed by atoms with Crippen LogP contribution in [-0.2, 0) is 31.4 Å². The first-order valence-corrected chi connectivity index (χ1v) is 13.9. The van der Waals surface area contributed by atoms with Crippen LogP contribution in [0.3, 0.4) is 0 Å². The molecule has 0 aliphatic carbocycles. The molecule has 0 atom stereocenters. The van der Waals surface area contributed by atoms with E-state index in [1.165, 1.54) is 31.3 Å². The maximum atomic E-state index is 13.5. The smallest absolute Gasteiger partial charge is 0.243 e. The number of carbonyl (C=O) groups is 1. The standard InChI is InChI=1S/C24H26ClN3O5S2/c1-17-8-11-20(12-9-17)35(32,33)28(15-19-6-4-5-7-22(19)25)16-24(29)27-23-14-21(13-10-18(23)2)34(30,31)26-3/h4-14,26H,15-16H2,1-3H3,(H,27,29). The highest BCUT2D eigenvalue weighted by Gasteiger charge is 2.28. The molecule has 8 nitrogen and oxygen atoms in total. The molecule has 3 rings (SSSR count). The first-order chi connectivity index (χ1) is 16.4. The van der Waals surface area contributed by atoms with Crippen LogP contribution in [0.1, 0.15) is 16.7 Å². The molecule has 3 aromatic carbocycles. The predicted octanol–water partition coefficient (Wildman–Crippen LogP) is 3.69. The number of benzene rings is 3. The number of anilines is 1. The van der Waals surface area contributed by atoms with Gasteiger partial charge in [0.05, 0.1) is 16.3 Å². The molecule has 0 aliphatic rings. The maximum absolute atomic E-state index is 13.5. The molecule has 0 aliphatic heterocycles. The number of halogens is 1. The maximum Gasteiger partial charge on any atom is 0.243 e. The van der Waals surface area contributed by atoms with Gasteiger partial charge in [-0.25, -0.2) is 21.6 Å². The predicted molar refractivity (Wildman–Crippen MR) is 136 cm³/mol. The number of carbonyl (C=O) groups excluding carboxylic acids is 1. The Morgan fingerprint density at radius 2 is 1.54 bits per heavy atom. The summed E-state index contributed by atoms with van der Waals surface area (Å²) < 4.78 is 54.5. The number of hydrogen-bond donors (Lipinski definition) is 2. The van der Waals surface area contributed by atoms with E-state index in [1.807, 2.05) is 6.92 Å². The lowest BCUT2D eigenvalue weighted by Crippen LogP contribution is -2.37. The van der Waals surface area contributed by atoms with Crippen molar-refractivity contribution in [1.29, 1.82) is 0 Å². The average Bonchev–Trinajstić information content (AvgIpc) is 2.81. The van der Waals surface area contributed by atoms with E-state index < -0.39 is 32.5 Å². The number of nitrogens with zero attached hydrogens (tertiary/aromatic N) is 1. The number of nitrogens with one attached hydrogen (secondary N) is 2. The van der Waals surface area contributed by atoms with E-state index in [1.54, 1.807) is 49.4 Å². The molecule has 186 valence electrons. The number of sulfonamides is 2. The van der Waals surface area contributed by atoms with Gasteiger partial charge in [-0.1, -0.05) is 53.6 Å². The average molecular weight is 536 g/mol. The van der Waals surface area contributed by atoms with Gasteiger partial charge in [-0.3, -0.25) is 4.79 Å². The van der Waals surface area contributed by atoms with Crippen LogP contribution in [-0.4, -0.2) is 40.6 Å². The third-order valence-electron chi connectivity index (χ3n) is 5.35. The molecule has 0 saturated heterocycles. The van der Waals surface area contributed by atoms with Crippen molar-refractivity contribution >= 4 is 43.2 Å². The summed E-state index contributed by atoms with van der Waals surface area (Å²) in [5, 5.41) is 3.01. The number of hydrogen-bond acceptors (Lipinski definition) is 5. The van der Waals surface area contributed by atoms with Gasteiger partial charge in [0.2, 0.25) is 26.0 Å². The molecule has 0 aromatic heterocycles. The third-order valence-corrected chi connectivity index (χ3v) is 8.93. The topological polar surface area (TPSA) is 113 Å². The van der Waals surface area contributed by atoms with Gasteiger partial charge in [-0.2, -0.15) is 4.31 Å². The van der Waals surface area contributed by atoms with Crippen LogP contribution in [0, 0.1) is 13.8 Å². The Bertz CT molecular complexity index is 1440. The fourth-order valence-corrected chi connectivity index (χ4v) is 5.60. The van der Waals surface area contributed by atoms with Crippen LogP contribution in [0.2, 0.25) is 5.02 Å². The van der Waals surface area contributed by atoms with Gasteiger partial charge < -0.3 is 5.32 Å². The van der Waals surface area contributed by atoms with Crippen LogP contribution in [0.4, 0.5) is 5.69 Å². The van der Waals surface area contributed by atoms with E-state index in [0.717, 1.165) is 9.87 Å². The zero-order valence-corrected chi connectivity index (χ0v) is 21.8. The van der Waals surface area contributed by atoms with Crippen LogP contribution < -0.4 is 10.0 Å². The van der Waals surface area contributed by atoms with Crippen LogP contribution >= 0.6 is 11.6 Å². The minimum atomic E-state index is -4.06. The summed E-state index contributed by atoms with van der Waals surface area (Å²) >= 11 is 6.26. The Labute approximate surface area is 211 Å². The Hall–Kier alpha value is -2.76. The molecule has 0 heterocycles. The molecule has 0 radical (unpaired) electrons.